The summed E-state index contributed by atoms with van der Waals surface area (Å²) in [6.07, 6.45) is 4.94. The van der Waals surface area contributed by atoms with Crippen LogP contribution in [0.4, 0.5) is 0 Å². The number of rotatable bonds is 5. The van der Waals surface area contributed by atoms with Crippen LogP contribution in [0.5, 0.6) is 5.75 Å². The normalized spacial score (nSPS) is 16.9. The molecule has 2 rings (SSSR count). The molecule has 1 atom stereocenters. The summed E-state index contributed by atoms with van der Waals surface area (Å²) in [7, 11) is 0. The number of aryl methyl sites for hydroxylation is 2. The van der Waals surface area contributed by atoms with E-state index in [0.29, 0.717) is 12.5 Å². The van der Waals surface area contributed by atoms with Gasteiger partial charge in [-0.05, 0) is 56.4 Å². The third kappa shape index (κ3) is 3.75. The van der Waals surface area contributed by atoms with Gasteiger partial charge in [0.1, 0.15) is 5.75 Å². The molecule has 1 aliphatic carbocycles. The summed E-state index contributed by atoms with van der Waals surface area (Å²) in [5, 5.41) is 3.11. The van der Waals surface area contributed by atoms with Crippen LogP contribution in [0.25, 0.3) is 0 Å². The molecule has 3 nitrogen and oxygen atoms in total. The van der Waals surface area contributed by atoms with Gasteiger partial charge < -0.3 is 10.1 Å². The van der Waals surface area contributed by atoms with Crippen molar-refractivity contribution in [2.75, 3.05) is 0 Å². The summed E-state index contributed by atoms with van der Waals surface area (Å²) in [6.45, 7) is 6.12. The van der Waals surface area contributed by atoms with Crippen LogP contribution < -0.4 is 10.1 Å². The molecule has 110 valence electrons. The van der Waals surface area contributed by atoms with Crippen LogP contribution in [0, 0.1) is 13.8 Å². The van der Waals surface area contributed by atoms with Gasteiger partial charge in [0.05, 0.1) is 0 Å². The van der Waals surface area contributed by atoms with Gasteiger partial charge in [-0.25, -0.2) is 0 Å². The lowest BCUT2D eigenvalue weighted by Crippen LogP contribution is -2.42. The first kappa shape index (κ1) is 14.9. The number of hydrogen-bond acceptors (Lipinski definition) is 2. The number of benzene rings is 1. The average molecular weight is 275 g/mol. The fraction of sp³-hybridized carbons (Fsp3) is 0.588. The predicted molar refractivity (Wildman–Crippen MR) is 81.0 cm³/mol. The first-order valence-corrected chi connectivity index (χ1v) is 7.64. The largest absolute Gasteiger partial charge is 0.481 e. The first-order valence-electron chi connectivity index (χ1n) is 7.64. The van der Waals surface area contributed by atoms with E-state index in [0.717, 1.165) is 18.6 Å². The van der Waals surface area contributed by atoms with E-state index in [1.807, 2.05) is 25.1 Å². The number of carbonyl (C=O) groups excluding carboxylic acids is 1. The summed E-state index contributed by atoms with van der Waals surface area (Å²) in [4.78, 5) is 12.3. The number of hydrogen-bond donors (Lipinski definition) is 1. The lowest BCUT2D eigenvalue weighted by molar-refractivity contribution is -0.128. The zero-order valence-electron chi connectivity index (χ0n) is 12.7. The Morgan fingerprint density at radius 1 is 1.30 bits per heavy atom. The quantitative estimate of drug-likeness (QED) is 0.893. The zero-order chi connectivity index (χ0) is 14.5. The van der Waals surface area contributed by atoms with Crippen molar-refractivity contribution in [3.05, 3.63) is 29.3 Å². The lowest BCUT2D eigenvalue weighted by atomic mass is 10.1. The van der Waals surface area contributed by atoms with Crippen molar-refractivity contribution in [3.63, 3.8) is 0 Å². The maximum absolute atomic E-state index is 12.3. The standard InChI is InChI=1S/C17H25NO2/c1-4-16(17(19)18-14-7-5-6-8-14)20-15-10-9-12(2)13(3)11-15/h9-11,14,16H,4-8H2,1-3H3,(H,18,19). The molecule has 1 N–H and O–H groups in total. The Morgan fingerprint density at radius 3 is 2.60 bits per heavy atom. The number of carbonyl (C=O) groups is 1. The first-order chi connectivity index (χ1) is 9.60. The molecule has 0 bridgehead atoms. The van der Waals surface area contributed by atoms with E-state index in [1.54, 1.807) is 0 Å². The topological polar surface area (TPSA) is 38.3 Å². The van der Waals surface area contributed by atoms with Crippen molar-refractivity contribution >= 4 is 5.91 Å². The van der Waals surface area contributed by atoms with Gasteiger partial charge >= 0.3 is 0 Å². The summed E-state index contributed by atoms with van der Waals surface area (Å²) in [5.74, 6) is 0.805. The molecule has 1 aromatic carbocycles. The molecule has 1 aromatic rings. The van der Waals surface area contributed by atoms with Crippen LogP contribution in [-0.2, 0) is 4.79 Å². The minimum absolute atomic E-state index is 0.0256. The van der Waals surface area contributed by atoms with Crippen molar-refractivity contribution in [3.8, 4) is 5.75 Å². The molecule has 0 heterocycles. The van der Waals surface area contributed by atoms with E-state index in [1.165, 1.54) is 24.0 Å². The van der Waals surface area contributed by atoms with E-state index < -0.39 is 6.10 Å². The van der Waals surface area contributed by atoms with Gasteiger partial charge in [0.25, 0.3) is 5.91 Å². The van der Waals surface area contributed by atoms with Gasteiger partial charge in [-0.15, -0.1) is 0 Å². The molecule has 20 heavy (non-hydrogen) atoms. The van der Waals surface area contributed by atoms with Crippen LogP contribution in [0.1, 0.15) is 50.2 Å². The molecular formula is C17H25NO2. The van der Waals surface area contributed by atoms with E-state index >= 15 is 0 Å². The molecule has 1 fully saturated rings. The number of ether oxygens (including phenoxy) is 1. The van der Waals surface area contributed by atoms with Crippen LogP contribution in [0.2, 0.25) is 0 Å². The summed E-state index contributed by atoms with van der Waals surface area (Å²) < 4.78 is 5.86. The summed E-state index contributed by atoms with van der Waals surface area (Å²) >= 11 is 0. The maximum atomic E-state index is 12.3. The predicted octanol–water partition coefficient (Wildman–Crippen LogP) is 3.52. The Balaban J connectivity index is 1.96. The minimum Gasteiger partial charge on any atom is -0.481 e. The molecule has 1 amide bonds. The summed E-state index contributed by atoms with van der Waals surface area (Å²) in [6, 6.07) is 6.32. The van der Waals surface area contributed by atoms with Crippen LogP contribution in [0.15, 0.2) is 18.2 Å². The van der Waals surface area contributed by atoms with E-state index in [2.05, 4.69) is 19.2 Å². The van der Waals surface area contributed by atoms with E-state index in [4.69, 9.17) is 4.74 Å². The minimum atomic E-state index is -0.391. The van der Waals surface area contributed by atoms with Crippen LogP contribution >= 0.6 is 0 Å². The van der Waals surface area contributed by atoms with Gasteiger partial charge in [-0.2, -0.15) is 0 Å². The molecule has 0 aromatic heterocycles. The van der Waals surface area contributed by atoms with Crippen LogP contribution in [-0.4, -0.2) is 18.1 Å². The number of amides is 1. The summed E-state index contributed by atoms with van der Waals surface area (Å²) in [5.41, 5.74) is 2.43. The third-order valence-electron chi connectivity index (χ3n) is 4.12. The SMILES string of the molecule is CCC(Oc1ccc(C)c(C)c1)C(=O)NC1CCCC1. The van der Waals surface area contributed by atoms with Gasteiger partial charge in [-0.3, -0.25) is 4.79 Å². The van der Waals surface area contributed by atoms with Crippen molar-refractivity contribution < 1.29 is 9.53 Å². The van der Waals surface area contributed by atoms with E-state index in [9.17, 15) is 4.79 Å². The smallest absolute Gasteiger partial charge is 0.261 e. The van der Waals surface area contributed by atoms with Gasteiger partial charge in [-0.1, -0.05) is 25.8 Å². The molecule has 1 aliphatic rings. The number of nitrogens with one attached hydrogen (secondary N) is 1. The van der Waals surface area contributed by atoms with Crippen molar-refractivity contribution in [1.82, 2.24) is 5.32 Å². The molecule has 0 radical (unpaired) electrons. The Kier molecular flexibility index (Phi) is 5.05. The van der Waals surface area contributed by atoms with Gasteiger partial charge in [0, 0.05) is 6.04 Å². The van der Waals surface area contributed by atoms with E-state index in [-0.39, 0.29) is 5.91 Å². The second-order valence-corrected chi connectivity index (χ2v) is 5.75. The van der Waals surface area contributed by atoms with Crippen LogP contribution in [0.3, 0.4) is 0 Å². The van der Waals surface area contributed by atoms with Crippen molar-refractivity contribution in [1.29, 1.82) is 0 Å². The molecular weight excluding hydrogens is 250 g/mol. The molecule has 3 heteroatoms. The average Bonchev–Trinajstić information content (AvgIpc) is 2.92. The molecule has 0 aliphatic heterocycles. The van der Waals surface area contributed by atoms with Gasteiger partial charge in [0.15, 0.2) is 6.10 Å². The van der Waals surface area contributed by atoms with Crippen molar-refractivity contribution in [2.24, 2.45) is 0 Å². The third-order valence-corrected chi connectivity index (χ3v) is 4.12. The highest BCUT2D eigenvalue weighted by Gasteiger charge is 2.23. The molecule has 0 spiro atoms. The molecule has 0 saturated heterocycles. The molecule has 1 unspecified atom stereocenters. The fourth-order valence-electron chi connectivity index (χ4n) is 2.64. The monoisotopic (exact) mass is 275 g/mol. The fourth-order valence-corrected chi connectivity index (χ4v) is 2.64. The van der Waals surface area contributed by atoms with Crippen molar-refractivity contribution in [2.45, 2.75) is 65.0 Å². The Labute approximate surface area is 121 Å². The highest BCUT2D eigenvalue weighted by molar-refractivity contribution is 5.81. The highest BCUT2D eigenvalue weighted by Crippen LogP contribution is 2.20. The highest BCUT2D eigenvalue weighted by atomic mass is 16.5. The van der Waals surface area contributed by atoms with Gasteiger partial charge in [0.2, 0.25) is 0 Å². The maximum Gasteiger partial charge on any atom is 0.261 e. The Morgan fingerprint density at radius 2 is 2.00 bits per heavy atom. The lowest BCUT2D eigenvalue weighted by Gasteiger charge is -2.20. The second kappa shape index (κ2) is 6.78. The Bertz CT molecular complexity index is 464. The second-order valence-electron chi connectivity index (χ2n) is 5.75. The Hall–Kier alpha value is -1.51. The molecule has 1 saturated carbocycles. The zero-order valence-corrected chi connectivity index (χ0v) is 12.7.